The van der Waals surface area contributed by atoms with Gasteiger partial charge in [0.1, 0.15) is 0 Å². The third-order valence-electron chi connectivity index (χ3n) is 10.4. The molecule has 356 valence electrons. The molecule has 2 aromatic carbocycles. The summed E-state index contributed by atoms with van der Waals surface area (Å²) in [6.07, 6.45) is 0.288. The minimum absolute atomic E-state index is 0.0168. The number of carbonyl (C=O) groups excluding carboxylic acids is 3. The quantitative estimate of drug-likeness (QED) is 0.0590. The molecule has 0 radical (unpaired) electrons. The molecule has 0 unspecified atom stereocenters. The number of nitrogens with one attached hydrogen (secondary N) is 2. The van der Waals surface area contributed by atoms with Crippen LogP contribution in [0.15, 0.2) is 48.5 Å². The fourth-order valence-corrected chi connectivity index (χ4v) is 6.97. The third-order valence-corrected chi connectivity index (χ3v) is 10.4. The fraction of sp³-hybridized carbons (Fsp3) is 0.556. The molecule has 0 saturated carbocycles. The lowest BCUT2D eigenvalue weighted by molar-refractivity contribution is -0.140. The first-order valence-corrected chi connectivity index (χ1v) is 21.8. The second-order valence-electron chi connectivity index (χ2n) is 15.3. The molecule has 0 atom stereocenters. The number of carbonyl (C=O) groups is 6. The molecule has 0 bridgehead atoms. The van der Waals surface area contributed by atoms with Crippen molar-refractivity contribution in [1.29, 1.82) is 0 Å². The molecule has 2 aliphatic rings. The number of carboxylic acids is 3. The first-order chi connectivity index (χ1) is 31.5. The van der Waals surface area contributed by atoms with Gasteiger partial charge in [0.2, 0.25) is 17.7 Å². The van der Waals surface area contributed by atoms with E-state index in [1.165, 1.54) is 0 Å². The minimum Gasteiger partial charge on any atom is -0.480 e. The van der Waals surface area contributed by atoms with Crippen LogP contribution in [0.1, 0.15) is 29.5 Å². The zero-order chi connectivity index (χ0) is 46.7. The van der Waals surface area contributed by atoms with Gasteiger partial charge in [0.25, 0.3) is 0 Å². The Morgan fingerprint density at radius 1 is 0.492 bits per heavy atom. The zero-order valence-electron chi connectivity index (χ0n) is 37.0. The third kappa shape index (κ3) is 21.4. The molecule has 2 aromatic rings. The normalized spacial score (nSPS) is 15.4. The van der Waals surface area contributed by atoms with Crippen LogP contribution >= 0.6 is 0 Å². The van der Waals surface area contributed by atoms with Crippen LogP contribution in [-0.2, 0) is 54.3 Å². The summed E-state index contributed by atoms with van der Waals surface area (Å²) in [5.74, 6) is 2.74. The lowest BCUT2D eigenvalue weighted by Crippen LogP contribution is -2.50. The summed E-state index contributed by atoms with van der Waals surface area (Å²) in [7, 11) is 0. The van der Waals surface area contributed by atoms with Gasteiger partial charge in [-0.25, -0.2) is 0 Å². The number of fused-ring (bicyclic) bond motifs is 2. The fourth-order valence-electron chi connectivity index (χ4n) is 6.97. The molecular formula is C45H63N7O13. The number of hydrogen-bond donors (Lipinski definition) is 5. The minimum atomic E-state index is -1.03. The molecule has 1 fully saturated rings. The van der Waals surface area contributed by atoms with Crippen molar-refractivity contribution in [2.75, 3.05) is 149 Å². The summed E-state index contributed by atoms with van der Waals surface area (Å²) in [5, 5.41) is 33.8. The molecule has 20 nitrogen and oxygen atoms in total. The molecule has 2 heterocycles. The topological polar surface area (TPSA) is 240 Å². The number of amides is 3. The standard InChI is InChI=1S/C45H63N7O13/c53-40(46-13-11-42(55)52-31-38-7-2-1-5-36(38)9-10-37-6-3-4-8-39(37)52)12-23-62-25-27-64-29-30-65-28-26-63-24-14-47-41(54)32-48-15-17-49(33-43(56)57)19-21-51(35-45(60)61)22-20-50(18-16-48)34-44(58)59/h1-8H,11-35H2,(H,46,53)(H,47,54)(H,56,57)(H,58,59)(H,60,61). The Hall–Kier alpha value is -5.50. The van der Waals surface area contributed by atoms with Crippen molar-refractivity contribution in [2.24, 2.45) is 0 Å². The van der Waals surface area contributed by atoms with Crippen LogP contribution < -0.4 is 15.5 Å². The lowest BCUT2D eigenvalue weighted by atomic mass is 10.0. The summed E-state index contributed by atoms with van der Waals surface area (Å²) in [4.78, 5) is 81.5. The van der Waals surface area contributed by atoms with E-state index in [2.05, 4.69) is 22.5 Å². The zero-order valence-corrected chi connectivity index (χ0v) is 37.0. The summed E-state index contributed by atoms with van der Waals surface area (Å²) in [6.45, 7) is 5.05. The van der Waals surface area contributed by atoms with E-state index >= 15 is 0 Å². The summed E-state index contributed by atoms with van der Waals surface area (Å²) in [5.41, 5.74) is 3.37. The number of anilines is 1. The number of ether oxygens (including phenoxy) is 4. The Bertz CT molecular complexity index is 1880. The van der Waals surface area contributed by atoms with Crippen LogP contribution in [0.4, 0.5) is 5.69 Å². The van der Waals surface area contributed by atoms with Gasteiger partial charge in [-0.1, -0.05) is 42.2 Å². The molecule has 2 aliphatic heterocycles. The van der Waals surface area contributed by atoms with E-state index in [9.17, 15) is 44.1 Å². The summed E-state index contributed by atoms with van der Waals surface area (Å²) < 4.78 is 22.1. The van der Waals surface area contributed by atoms with Gasteiger partial charge in [0.05, 0.1) is 91.3 Å². The van der Waals surface area contributed by atoms with Crippen LogP contribution in [0.2, 0.25) is 0 Å². The highest BCUT2D eigenvalue weighted by molar-refractivity contribution is 5.95. The van der Waals surface area contributed by atoms with E-state index in [1.807, 2.05) is 53.4 Å². The van der Waals surface area contributed by atoms with E-state index < -0.39 is 17.9 Å². The number of rotatable bonds is 26. The first-order valence-electron chi connectivity index (χ1n) is 21.8. The molecule has 3 amide bonds. The molecule has 0 aromatic heterocycles. The van der Waals surface area contributed by atoms with E-state index in [0.29, 0.717) is 98.5 Å². The summed E-state index contributed by atoms with van der Waals surface area (Å²) in [6, 6.07) is 15.3. The summed E-state index contributed by atoms with van der Waals surface area (Å²) >= 11 is 0. The lowest BCUT2D eigenvalue weighted by Gasteiger charge is -2.32. The molecule has 1 saturated heterocycles. The second-order valence-corrected chi connectivity index (χ2v) is 15.3. The van der Waals surface area contributed by atoms with Crippen molar-refractivity contribution in [3.8, 4) is 11.8 Å². The van der Waals surface area contributed by atoms with Gasteiger partial charge in [-0.2, -0.15) is 0 Å². The van der Waals surface area contributed by atoms with E-state index in [-0.39, 0.29) is 83.0 Å². The molecule has 0 aliphatic carbocycles. The van der Waals surface area contributed by atoms with Crippen LogP contribution in [0.5, 0.6) is 0 Å². The highest BCUT2D eigenvalue weighted by Crippen LogP contribution is 2.25. The Kier molecular flexibility index (Phi) is 23.9. The van der Waals surface area contributed by atoms with Gasteiger partial charge in [-0.15, -0.1) is 0 Å². The molecular weight excluding hydrogens is 847 g/mol. The Balaban J connectivity index is 0.998. The predicted molar refractivity (Wildman–Crippen MR) is 237 cm³/mol. The van der Waals surface area contributed by atoms with Gasteiger partial charge in [0.15, 0.2) is 0 Å². The number of hydrogen-bond acceptors (Lipinski definition) is 14. The number of aliphatic carboxylic acids is 3. The van der Waals surface area contributed by atoms with Crippen molar-refractivity contribution < 1.29 is 63.0 Å². The van der Waals surface area contributed by atoms with Crippen LogP contribution in [0.25, 0.3) is 0 Å². The Morgan fingerprint density at radius 3 is 1.46 bits per heavy atom. The average molecular weight is 910 g/mol. The molecule has 20 heteroatoms. The average Bonchev–Trinajstić information content (AvgIpc) is 3.26. The van der Waals surface area contributed by atoms with Gasteiger partial charge in [-0.05, 0) is 23.8 Å². The van der Waals surface area contributed by atoms with E-state index in [1.54, 1.807) is 19.6 Å². The Labute approximate surface area is 379 Å². The number of carboxylic acid groups (broad SMARTS) is 3. The van der Waals surface area contributed by atoms with Crippen molar-refractivity contribution in [1.82, 2.24) is 30.2 Å². The second kappa shape index (κ2) is 29.8. The van der Waals surface area contributed by atoms with Crippen LogP contribution in [-0.4, -0.2) is 215 Å². The SMILES string of the molecule is O=C(O)CN1CCN(CC(=O)O)CCN(CC(=O)NCCOCCOCCOCCOCCC(=O)NCCC(=O)N2Cc3ccccc3C#Cc3ccccc32)CCN(CC(=O)O)CC1. The number of benzene rings is 2. The van der Waals surface area contributed by atoms with Crippen molar-refractivity contribution in [3.63, 3.8) is 0 Å². The molecule has 0 spiro atoms. The van der Waals surface area contributed by atoms with Crippen molar-refractivity contribution in [3.05, 3.63) is 65.2 Å². The maximum absolute atomic E-state index is 13.3. The predicted octanol–water partition coefficient (Wildman–Crippen LogP) is -0.513. The first kappa shape index (κ1) is 52.1. The Morgan fingerprint density at radius 2 is 0.923 bits per heavy atom. The maximum atomic E-state index is 13.3. The van der Waals surface area contributed by atoms with E-state index in [0.717, 1.165) is 22.4 Å². The maximum Gasteiger partial charge on any atom is 0.317 e. The van der Waals surface area contributed by atoms with Gasteiger partial charge < -0.3 is 49.8 Å². The highest BCUT2D eigenvalue weighted by Gasteiger charge is 2.23. The smallest absolute Gasteiger partial charge is 0.317 e. The van der Waals surface area contributed by atoms with Crippen LogP contribution in [0, 0.1) is 11.8 Å². The van der Waals surface area contributed by atoms with Crippen molar-refractivity contribution >= 4 is 41.3 Å². The van der Waals surface area contributed by atoms with Crippen molar-refractivity contribution in [2.45, 2.75) is 19.4 Å². The monoisotopic (exact) mass is 909 g/mol. The number of nitrogens with zero attached hydrogens (tertiary/aromatic N) is 5. The molecule has 65 heavy (non-hydrogen) atoms. The molecule has 5 N–H and O–H groups in total. The largest absolute Gasteiger partial charge is 0.480 e. The highest BCUT2D eigenvalue weighted by atomic mass is 16.6. The van der Waals surface area contributed by atoms with E-state index in [4.69, 9.17) is 18.9 Å². The van der Waals surface area contributed by atoms with Gasteiger partial charge in [0, 0.05) is 89.4 Å². The van der Waals surface area contributed by atoms with Crippen LogP contribution in [0.3, 0.4) is 0 Å². The van der Waals surface area contributed by atoms with Gasteiger partial charge in [-0.3, -0.25) is 48.4 Å². The van der Waals surface area contributed by atoms with Gasteiger partial charge >= 0.3 is 17.9 Å². The number of para-hydroxylation sites is 1. The molecule has 4 rings (SSSR count).